The number of rotatable bonds is 3. The van der Waals surface area contributed by atoms with Crippen LogP contribution in [-0.2, 0) is 0 Å². The van der Waals surface area contributed by atoms with Crippen molar-refractivity contribution in [1.82, 2.24) is 9.88 Å². The van der Waals surface area contributed by atoms with Gasteiger partial charge in [-0.05, 0) is 37.1 Å². The number of hydrogen-bond acceptors (Lipinski definition) is 3. The van der Waals surface area contributed by atoms with Crippen molar-refractivity contribution >= 4 is 16.8 Å². The molecule has 4 nitrogen and oxygen atoms in total. The van der Waals surface area contributed by atoms with Crippen LogP contribution in [0, 0.1) is 13.8 Å². The number of benzene rings is 2. The van der Waals surface area contributed by atoms with E-state index in [2.05, 4.69) is 4.98 Å². The maximum Gasteiger partial charge on any atom is 0.255 e. The lowest BCUT2D eigenvalue weighted by atomic mass is 10.1. The summed E-state index contributed by atoms with van der Waals surface area (Å²) in [6.45, 7) is 5.31. The van der Waals surface area contributed by atoms with Crippen molar-refractivity contribution in [2.45, 2.75) is 20.0 Å². The molecule has 1 aliphatic heterocycles. The van der Waals surface area contributed by atoms with Gasteiger partial charge in [-0.2, -0.15) is 0 Å². The van der Waals surface area contributed by atoms with Gasteiger partial charge in [-0.1, -0.05) is 36.4 Å². The normalized spacial score (nSPS) is 14.4. The largest absolute Gasteiger partial charge is 0.486 e. The molecular formula is C21H20N2O2. The van der Waals surface area contributed by atoms with Crippen LogP contribution in [0.4, 0.5) is 0 Å². The summed E-state index contributed by atoms with van der Waals surface area (Å²) < 4.78 is 6.09. The van der Waals surface area contributed by atoms with Crippen LogP contribution in [0.5, 0.6) is 5.75 Å². The molecule has 2 heterocycles. The van der Waals surface area contributed by atoms with Crippen LogP contribution in [0.15, 0.2) is 54.7 Å². The number of fused-ring (bicyclic) bond motifs is 1. The average molecular weight is 332 g/mol. The van der Waals surface area contributed by atoms with Crippen LogP contribution >= 0.6 is 0 Å². The van der Waals surface area contributed by atoms with Crippen molar-refractivity contribution < 1.29 is 9.53 Å². The number of ether oxygens (including phenoxy) is 1. The summed E-state index contributed by atoms with van der Waals surface area (Å²) in [5.41, 5.74) is 3.79. The molecular weight excluding hydrogens is 312 g/mol. The first-order valence-electron chi connectivity index (χ1n) is 8.49. The van der Waals surface area contributed by atoms with Crippen molar-refractivity contribution in [3.8, 4) is 5.75 Å². The molecule has 0 unspecified atom stereocenters. The third-order valence-electron chi connectivity index (χ3n) is 4.67. The summed E-state index contributed by atoms with van der Waals surface area (Å²) in [7, 11) is 0. The Morgan fingerprint density at radius 3 is 2.56 bits per heavy atom. The first-order valence-corrected chi connectivity index (χ1v) is 8.49. The van der Waals surface area contributed by atoms with E-state index in [4.69, 9.17) is 4.74 Å². The second kappa shape index (κ2) is 6.20. The van der Waals surface area contributed by atoms with E-state index in [0.717, 1.165) is 27.8 Å². The van der Waals surface area contributed by atoms with Crippen molar-refractivity contribution in [3.63, 3.8) is 0 Å². The molecule has 1 fully saturated rings. The van der Waals surface area contributed by atoms with E-state index in [9.17, 15) is 4.79 Å². The first-order chi connectivity index (χ1) is 12.1. The Kier molecular flexibility index (Phi) is 3.88. The maximum absolute atomic E-state index is 12.6. The van der Waals surface area contributed by atoms with Gasteiger partial charge in [0.05, 0.1) is 24.2 Å². The van der Waals surface area contributed by atoms with Crippen LogP contribution in [0.3, 0.4) is 0 Å². The van der Waals surface area contributed by atoms with Crippen LogP contribution in [0.1, 0.15) is 21.5 Å². The minimum absolute atomic E-state index is 0.0135. The Hall–Kier alpha value is -2.88. The van der Waals surface area contributed by atoms with E-state index >= 15 is 0 Å². The van der Waals surface area contributed by atoms with Crippen LogP contribution < -0.4 is 4.74 Å². The number of aromatic nitrogens is 1. The summed E-state index contributed by atoms with van der Waals surface area (Å²) in [4.78, 5) is 18.8. The lowest BCUT2D eigenvalue weighted by Crippen LogP contribution is -2.56. The molecule has 2 aromatic carbocycles. The van der Waals surface area contributed by atoms with Gasteiger partial charge in [-0.3, -0.25) is 9.78 Å². The maximum atomic E-state index is 12.6. The Balaban J connectivity index is 1.43. The van der Waals surface area contributed by atoms with E-state index in [1.165, 1.54) is 0 Å². The number of nitrogens with zero attached hydrogens (tertiary/aromatic N) is 2. The highest BCUT2D eigenvalue weighted by molar-refractivity contribution is 5.97. The molecule has 0 bridgehead atoms. The number of carbonyl (C=O) groups is 1. The SMILES string of the molecule is Cc1cccc(C)c1OC1CN(C(=O)c2cnc3ccccc3c2)C1. The van der Waals surface area contributed by atoms with Gasteiger partial charge in [-0.15, -0.1) is 0 Å². The summed E-state index contributed by atoms with van der Waals surface area (Å²) in [5, 5.41) is 0.984. The minimum atomic E-state index is 0.0135. The fourth-order valence-corrected chi connectivity index (χ4v) is 3.20. The van der Waals surface area contributed by atoms with E-state index in [0.29, 0.717) is 18.7 Å². The van der Waals surface area contributed by atoms with Gasteiger partial charge in [0.2, 0.25) is 0 Å². The number of likely N-dealkylation sites (tertiary alicyclic amines) is 1. The van der Waals surface area contributed by atoms with Crippen LogP contribution in [0.2, 0.25) is 0 Å². The highest BCUT2D eigenvalue weighted by Crippen LogP contribution is 2.26. The van der Waals surface area contributed by atoms with Gasteiger partial charge >= 0.3 is 0 Å². The number of hydrogen-bond donors (Lipinski definition) is 0. The molecule has 1 amide bonds. The topological polar surface area (TPSA) is 42.4 Å². The lowest BCUT2D eigenvalue weighted by Gasteiger charge is -2.39. The third kappa shape index (κ3) is 2.95. The van der Waals surface area contributed by atoms with E-state index in [-0.39, 0.29) is 12.0 Å². The number of pyridine rings is 1. The Labute approximate surface area is 147 Å². The monoisotopic (exact) mass is 332 g/mol. The van der Waals surface area contributed by atoms with E-state index in [1.54, 1.807) is 6.20 Å². The molecule has 0 atom stereocenters. The van der Waals surface area contributed by atoms with Crippen molar-refractivity contribution in [1.29, 1.82) is 0 Å². The Morgan fingerprint density at radius 2 is 1.80 bits per heavy atom. The van der Waals surface area contributed by atoms with E-state index < -0.39 is 0 Å². The van der Waals surface area contributed by atoms with Gasteiger partial charge < -0.3 is 9.64 Å². The second-order valence-corrected chi connectivity index (χ2v) is 6.59. The predicted octanol–water partition coefficient (Wildman–Crippen LogP) is 3.76. The summed E-state index contributed by atoms with van der Waals surface area (Å²) in [6, 6.07) is 15.8. The van der Waals surface area contributed by atoms with Crippen LogP contribution in [0.25, 0.3) is 10.9 Å². The number of para-hydroxylation sites is 2. The summed E-state index contributed by atoms with van der Waals surface area (Å²) in [5.74, 6) is 0.951. The van der Waals surface area contributed by atoms with Crippen molar-refractivity contribution in [2.24, 2.45) is 0 Å². The Bertz CT molecular complexity index is 925. The molecule has 25 heavy (non-hydrogen) atoms. The second-order valence-electron chi connectivity index (χ2n) is 6.59. The standard InChI is InChI=1S/C21H20N2O2/c1-14-6-5-7-15(2)20(14)25-18-12-23(13-18)21(24)17-10-16-8-3-4-9-19(16)22-11-17/h3-11,18H,12-13H2,1-2H3. The van der Waals surface area contributed by atoms with Gasteiger partial charge in [0.25, 0.3) is 5.91 Å². The summed E-state index contributed by atoms with van der Waals surface area (Å²) in [6.07, 6.45) is 1.71. The molecule has 0 radical (unpaired) electrons. The number of carbonyl (C=O) groups excluding carboxylic acids is 1. The molecule has 4 rings (SSSR count). The number of amides is 1. The van der Waals surface area contributed by atoms with E-state index in [1.807, 2.05) is 67.3 Å². The molecule has 0 aliphatic carbocycles. The fraction of sp³-hybridized carbons (Fsp3) is 0.238. The van der Waals surface area contributed by atoms with Gasteiger partial charge in [-0.25, -0.2) is 0 Å². The zero-order valence-electron chi connectivity index (χ0n) is 14.4. The van der Waals surface area contributed by atoms with Gasteiger partial charge in [0.15, 0.2) is 0 Å². The highest BCUT2D eigenvalue weighted by atomic mass is 16.5. The molecule has 126 valence electrons. The van der Waals surface area contributed by atoms with Crippen molar-refractivity contribution in [3.05, 3.63) is 71.4 Å². The average Bonchev–Trinajstić information content (AvgIpc) is 2.59. The predicted molar refractivity (Wildman–Crippen MR) is 98.0 cm³/mol. The fourth-order valence-electron chi connectivity index (χ4n) is 3.20. The summed E-state index contributed by atoms with van der Waals surface area (Å²) >= 11 is 0. The smallest absolute Gasteiger partial charge is 0.255 e. The Morgan fingerprint density at radius 1 is 1.08 bits per heavy atom. The molecule has 1 saturated heterocycles. The molecule has 0 spiro atoms. The van der Waals surface area contributed by atoms with Crippen molar-refractivity contribution in [2.75, 3.05) is 13.1 Å². The van der Waals surface area contributed by atoms with Crippen LogP contribution in [-0.4, -0.2) is 35.0 Å². The molecule has 1 aromatic heterocycles. The first kappa shape index (κ1) is 15.6. The molecule has 1 aliphatic rings. The molecule has 0 saturated carbocycles. The minimum Gasteiger partial charge on any atom is -0.486 e. The third-order valence-corrected chi connectivity index (χ3v) is 4.67. The molecule has 3 aromatic rings. The molecule has 0 N–H and O–H groups in total. The van der Waals surface area contributed by atoms with Gasteiger partial charge in [0, 0.05) is 11.6 Å². The highest BCUT2D eigenvalue weighted by Gasteiger charge is 2.33. The lowest BCUT2D eigenvalue weighted by molar-refractivity contribution is 0.0173. The molecule has 4 heteroatoms. The number of aryl methyl sites for hydroxylation is 2. The zero-order valence-corrected chi connectivity index (χ0v) is 14.4. The van der Waals surface area contributed by atoms with Gasteiger partial charge in [0.1, 0.15) is 11.9 Å². The zero-order chi connectivity index (χ0) is 17.4. The quantitative estimate of drug-likeness (QED) is 0.733.